The zero-order valence-electron chi connectivity index (χ0n) is 13.3. The van der Waals surface area contributed by atoms with E-state index < -0.39 is 0 Å². The van der Waals surface area contributed by atoms with Gasteiger partial charge in [0.05, 0.1) is 12.6 Å². The van der Waals surface area contributed by atoms with Crippen LogP contribution in [0.1, 0.15) is 23.6 Å². The zero-order chi connectivity index (χ0) is 16.4. The van der Waals surface area contributed by atoms with E-state index in [0.29, 0.717) is 13.2 Å². The molecule has 2 aromatic carbocycles. The Morgan fingerprint density at radius 3 is 2.79 bits per heavy atom. The molecule has 1 aliphatic carbocycles. The van der Waals surface area contributed by atoms with Gasteiger partial charge in [-0.15, -0.1) is 0 Å². The van der Waals surface area contributed by atoms with E-state index in [4.69, 9.17) is 9.47 Å². The minimum atomic E-state index is -0.179. The Kier molecular flexibility index (Phi) is 3.99. The lowest BCUT2D eigenvalue weighted by Crippen LogP contribution is -2.45. The highest BCUT2D eigenvalue weighted by Crippen LogP contribution is 2.31. The highest BCUT2D eigenvalue weighted by atomic mass is 16.6. The molecule has 2 aromatic rings. The fourth-order valence-corrected chi connectivity index (χ4v) is 3.29. The Morgan fingerprint density at radius 1 is 1.08 bits per heavy atom. The van der Waals surface area contributed by atoms with Crippen LogP contribution >= 0.6 is 0 Å². The number of carbonyl (C=O) groups is 1. The van der Waals surface area contributed by atoms with Crippen LogP contribution in [0.15, 0.2) is 48.5 Å². The topological polar surface area (TPSA) is 59.6 Å². The second-order valence-electron chi connectivity index (χ2n) is 6.14. The second-order valence-corrected chi connectivity index (χ2v) is 6.14. The summed E-state index contributed by atoms with van der Waals surface area (Å²) in [5, 5.41) is 5.93. The Labute approximate surface area is 141 Å². The third-order valence-corrected chi connectivity index (χ3v) is 4.50. The summed E-state index contributed by atoms with van der Waals surface area (Å²) < 4.78 is 11.5. The number of para-hydroxylation sites is 2. The highest BCUT2D eigenvalue weighted by molar-refractivity contribution is 5.74. The van der Waals surface area contributed by atoms with Crippen molar-refractivity contribution in [3.63, 3.8) is 0 Å². The smallest absolute Gasteiger partial charge is 0.315 e. The van der Waals surface area contributed by atoms with Crippen LogP contribution in [0.3, 0.4) is 0 Å². The highest BCUT2D eigenvalue weighted by Gasteiger charge is 2.25. The van der Waals surface area contributed by atoms with Gasteiger partial charge in [0.25, 0.3) is 0 Å². The second kappa shape index (κ2) is 6.43. The Balaban J connectivity index is 1.29. The van der Waals surface area contributed by atoms with Gasteiger partial charge in [-0.05, 0) is 36.1 Å². The summed E-state index contributed by atoms with van der Waals surface area (Å²) >= 11 is 0. The molecule has 4 rings (SSSR count). The molecule has 0 spiro atoms. The number of nitrogens with one attached hydrogen (secondary N) is 2. The van der Waals surface area contributed by atoms with E-state index >= 15 is 0 Å². The lowest BCUT2D eigenvalue weighted by Gasteiger charge is -2.26. The number of fused-ring (bicyclic) bond motifs is 2. The van der Waals surface area contributed by atoms with Crippen LogP contribution in [0.4, 0.5) is 4.79 Å². The van der Waals surface area contributed by atoms with Crippen molar-refractivity contribution in [1.82, 2.24) is 10.6 Å². The van der Waals surface area contributed by atoms with Crippen LogP contribution in [0.2, 0.25) is 0 Å². The van der Waals surface area contributed by atoms with E-state index in [1.807, 2.05) is 36.4 Å². The number of aryl methyl sites for hydroxylation is 1. The van der Waals surface area contributed by atoms with Gasteiger partial charge in [-0.2, -0.15) is 0 Å². The van der Waals surface area contributed by atoms with Crippen molar-refractivity contribution in [3.8, 4) is 11.5 Å². The molecule has 24 heavy (non-hydrogen) atoms. The largest absolute Gasteiger partial charge is 0.486 e. The van der Waals surface area contributed by atoms with Crippen LogP contribution in [-0.2, 0) is 6.42 Å². The van der Waals surface area contributed by atoms with Crippen molar-refractivity contribution in [2.45, 2.75) is 25.0 Å². The molecule has 0 bridgehead atoms. The third kappa shape index (κ3) is 3.02. The molecule has 2 atom stereocenters. The molecule has 0 aromatic heterocycles. The lowest BCUT2D eigenvalue weighted by atomic mass is 10.1. The Morgan fingerprint density at radius 2 is 1.88 bits per heavy atom. The fraction of sp³-hybridized carbons (Fsp3) is 0.316. The first kappa shape index (κ1) is 14.9. The first-order valence-corrected chi connectivity index (χ1v) is 8.30. The number of urea groups is 1. The Hall–Kier alpha value is -2.69. The summed E-state index contributed by atoms with van der Waals surface area (Å²) in [6, 6.07) is 15.8. The van der Waals surface area contributed by atoms with Crippen molar-refractivity contribution in [2.75, 3.05) is 13.2 Å². The summed E-state index contributed by atoms with van der Waals surface area (Å²) in [7, 11) is 0. The molecular formula is C19H20N2O3. The summed E-state index contributed by atoms with van der Waals surface area (Å²) in [5.41, 5.74) is 2.54. The van der Waals surface area contributed by atoms with Crippen molar-refractivity contribution in [1.29, 1.82) is 0 Å². The van der Waals surface area contributed by atoms with Crippen LogP contribution in [0, 0.1) is 0 Å². The normalized spacial score (nSPS) is 21.0. The standard InChI is InChI=1S/C19H20N2O3/c22-19(21-16-10-9-13-5-1-2-6-15(13)16)20-11-14-12-23-17-7-3-4-8-18(17)24-14/h1-8,14,16H,9-12H2,(H2,20,21,22). The van der Waals surface area contributed by atoms with Crippen LogP contribution in [0.5, 0.6) is 11.5 Å². The molecular weight excluding hydrogens is 304 g/mol. The van der Waals surface area contributed by atoms with E-state index in [1.165, 1.54) is 11.1 Å². The van der Waals surface area contributed by atoms with Crippen LogP contribution in [0.25, 0.3) is 0 Å². The summed E-state index contributed by atoms with van der Waals surface area (Å²) in [5.74, 6) is 1.47. The number of carbonyl (C=O) groups excluding carboxylic acids is 1. The van der Waals surface area contributed by atoms with E-state index in [0.717, 1.165) is 24.3 Å². The number of benzene rings is 2. The summed E-state index contributed by atoms with van der Waals surface area (Å²) in [4.78, 5) is 12.2. The first-order valence-electron chi connectivity index (χ1n) is 8.30. The van der Waals surface area contributed by atoms with E-state index in [9.17, 15) is 4.79 Å². The van der Waals surface area contributed by atoms with Crippen molar-refractivity contribution >= 4 is 6.03 Å². The number of hydrogen-bond donors (Lipinski definition) is 2. The van der Waals surface area contributed by atoms with Gasteiger partial charge < -0.3 is 20.1 Å². The van der Waals surface area contributed by atoms with Crippen LogP contribution < -0.4 is 20.1 Å². The maximum atomic E-state index is 12.2. The number of rotatable bonds is 3. The molecule has 2 unspecified atom stereocenters. The lowest BCUT2D eigenvalue weighted by molar-refractivity contribution is 0.0917. The minimum Gasteiger partial charge on any atom is -0.486 e. The van der Waals surface area contributed by atoms with Gasteiger partial charge in [0.2, 0.25) is 0 Å². The van der Waals surface area contributed by atoms with Crippen LogP contribution in [-0.4, -0.2) is 25.3 Å². The molecule has 124 valence electrons. The summed E-state index contributed by atoms with van der Waals surface area (Å²) in [6.07, 6.45) is 1.78. The predicted molar refractivity (Wildman–Crippen MR) is 90.4 cm³/mol. The zero-order valence-corrected chi connectivity index (χ0v) is 13.3. The monoisotopic (exact) mass is 324 g/mol. The van der Waals surface area contributed by atoms with Gasteiger partial charge in [-0.3, -0.25) is 0 Å². The molecule has 2 amide bonds. The van der Waals surface area contributed by atoms with Gasteiger partial charge in [0.15, 0.2) is 17.6 Å². The van der Waals surface area contributed by atoms with E-state index in [1.54, 1.807) is 0 Å². The fourth-order valence-electron chi connectivity index (χ4n) is 3.29. The predicted octanol–water partition coefficient (Wildman–Crippen LogP) is 2.81. The maximum absolute atomic E-state index is 12.2. The van der Waals surface area contributed by atoms with Crippen molar-refractivity contribution in [2.24, 2.45) is 0 Å². The van der Waals surface area contributed by atoms with E-state index in [2.05, 4.69) is 22.8 Å². The average molecular weight is 324 g/mol. The number of ether oxygens (including phenoxy) is 2. The maximum Gasteiger partial charge on any atom is 0.315 e. The molecule has 1 aliphatic heterocycles. The third-order valence-electron chi connectivity index (χ3n) is 4.50. The molecule has 5 heteroatoms. The van der Waals surface area contributed by atoms with Gasteiger partial charge in [-0.1, -0.05) is 36.4 Å². The Bertz CT molecular complexity index is 747. The number of hydrogen-bond acceptors (Lipinski definition) is 3. The molecule has 0 saturated heterocycles. The molecule has 5 nitrogen and oxygen atoms in total. The number of amides is 2. The van der Waals surface area contributed by atoms with Crippen molar-refractivity contribution < 1.29 is 14.3 Å². The summed E-state index contributed by atoms with van der Waals surface area (Å²) in [6.45, 7) is 0.845. The SMILES string of the molecule is O=C(NCC1COc2ccccc2O1)NC1CCc2ccccc21. The molecule has 2 N–H and O–H groups in total. The van der Waals surface area contributed by atoms with Gasteiger partial charge >= 0.3 is 6.03 Å². The molecule has 0 fully saturated rings. The van der Waals surface area contributed by atoms with Gasteiger partial charge in [0.1, 0.15) is 6.61 Å². The van der Waals surface area contributed by atoms with E-state index in [-0.39, 0.29) is 18.2 Å². The molecule has 0 radical (unpaired) electrons. The average Bonchev–Trinajstić information content (AvgIpc) is 3.03. The van der Waals surface area contributed by atoms with Crippen molar-refractivity contribution in [3.05, 3.63) is 59.7 Å². The molecule has 1 heterocycles. The van der Waals surface area contributed by atoms with Gasteiger partial charge in [0, 0.05) is 0 Å². The quantitative estimate of drug-likeness (QED) is 0.913. The minimum absolute atomic E-state index is 0.0884. The van der Waals surface area contributed by atoms with Gasteiger partial charge in [-0.25, -0.2) is 4.79 Å². The molecule has 0 saturated carbocycles. The molecule has 2 aliphatic rings. The first-order chi connectivity index (χ1) is 11.8.